The Morgan fingerprint density at radius 2 is 1.93 bits per heavy atom. The van der Waals surface area contributed by atoms with Crippen LogP contribution < -0.4 is 0 Å². The Kier molecular flexibility index (Phi) is 3.95. The SMILES string of the molecule is CCC1CCC(O)CC1S(=O)(=O)CC. The standard InChI is InChI=1S/C10H20O3S/c1-3-8-5-6-9(11)7-10(8)14(12,13)4-2/h8-11H,3-7H2,1-2H3. The molecule has 0 amide bonds. The first-order chi connectivity index (χ1) is 6.51. The minimum Gasteiger partial charge on any atom is -0.393 e. The average Bonchev–Trinajstić information content (AvgIpc) is 2.18. The maximum Gasteiger partial charge on any atom is 0.153 e. The lowest BCUT2D eigenvalue weighted by Crippen LogP contribution is -2.38. The van der Waals surface area contributed by atoms with Crippen LogP contribution in [0.1, 0.15) is 39.5 Å². The first-order valence-electron chi connectivity index (χ1n) is 5.40. The maximum absolute atomic E-state index is 11.8. The molecule has 0 aromatic heterocycles. The molecule has 3 atom stereocenters. The zero-order chi connectivity index (χ0) is 10.8. The van der Waals surface area contributed by atoms with Gasteiger partial charge < -0.3 is 5.11 Å². The van der Waals surface area contributed by atoms with Gasteiger partial charge in [-0.3, -0.25) is 0 Å². The number of hydrogen-bond donors (Lipinski definition) is 1. The van der Waals surface area contributed by atoms with Gasteiger partial charge in [-0.15, -0.1) is 0 Å². The molecule has 1 aliphatic carbocycles. The summed E-state index contributed by atoms with van der Waals surface area (Å²) < 4.78 is 23.5. The van der Waals surface area contributed by atoms with E-state index >= 15 is 0 Å². The van der Waals surface area contributed by atoms with E-state index in [1.54, 1.807) is 6.92 Å². The number of sulfone groups is 1. The van der Waals surface area contributed by atoms with Crippen LogP contribution in [-0.4, -0.2) is 30.6 Å². The van der Waals surface area contributed by atoms with E-state index in [2.05, 4.69) is 0 Å². The van der Waals surface area contributed by atoms with Crippen LogP contribution in [0.3, 0.4) is 0 Å². The molecule has 4 heteroatoms. The molecule has 3 nitrogen and oxygen atoms in total. The van der Waals surface area contributed by atoms with Crippen LogP contribution in [-0.2, 0) is 9.84 Å². The highest BCUT2D eigenvalue weighted by Crippen LogP contribution is 2.32. The summed E-state index contributed by atoms with van der Waals surface area (Å²) in [6, 6.07) is 0. The molecule has 1 saturated carbocycles. The predicted molar refractivity (Wildman–Crippen MR) is 56.9 cm³/mol. The Morgan fingerprint density at radius 1 is 1.29 bits per heavy atom. The summed E-state index contributed by atoms with van der Waals surface area (Å²) in [5, 5.41) is 9.18. The van der Waals surface area contributed by atoms with Gasteiger partial charge in [-0.25, -0.2) is 8.42 Å². The van der Waals surface area contributed by atoms with Gasteiger partial charge in [0.05, 0.1) is 11.4 Å². The zero-order valence-corrected chi connectivity index (χ0v) is 9.76. The van der Waals surface area contributed by atoms with Gasteiger partial charge in [-0.05, 0) is 25.2 Å². The lowest BCUT2D eigenvalue weighted by atomic mass is 9.85. The molecular formula is C10H20O3S. The van der Waals surface area contributed by atoms with Crippen molar-refractivity contribution < 1.29 is 13.5 Å². The van der Waals surface area contributed by atoms with Gasteiger partial charge >= 0.3 is 0 Å². The fourth-order valence-electron chi connectivity index (χ4n) is 2.29. The molecule has 0 heterocycles. The van der Waals surface area contributed by atoms with E-state index in [1.807, 2.05) is 6.92 Å². The van der Waals surface area contributed by atoms with Crippen molar-refractivity contribution in [3.8, 4) is 0 Å². The molecule has 0 saturated heterocycles. The molecule has 3 unspecified atom stereocenters. The number of aliphatic hydroxyl groups excluding tert-OH is 1. The van der Waals surface area contributed by atoms with Crippen LogP contribution in [0, 0.1) is 5.92 Å². The molecule has 0 aromatic rings. The topological polar surface area (TPSA) is 54.4 Å². The van der Waals surface area contributed by atoms with Crippen molar-refractivity contribution in [1.29, 1.82) is 0 Å². The van der Waals surface area contributed by atoms with Crippen molar-refractivity contribution in [2.45, 2.75) is 50.9 Å². The van der Waals surface area contributed by atoms with Crippen LogP contribution in [0.4, 0.5) is 0 Å². The minimum atomic E-state index is -2.98. The normalized spacial score (nSPS) is 34.4. The highest BCUT2D eigenvalue weighted by atomic mass is 32.2. The molecule has 1 rings (SSSR count). The molecule has 0 aromatic carbocycles. The first-order valence-corrected chi connectivity index (χ1v) is 7.12. The summed E-state index contributed by atoms with van der Waals surface area (Å²) in [5.41, 5.74) is 0. The third kappa shape index (κ3) is 2.48. The van der Waals surface area contributed by atoms with Gasteiger partial charge in [0, 0.05) is 5.75 Å². The molecule has 14 heavy (non-hydrogen) atoms. The smallest absolute Gasteiger partial charge is 0.153 e. The van der Waals surface area contributed by atoms with Gasteiger partial charge in [0.1, 0.15) is 0 Å². The van der Waals surface area contributed by atoms with Gasteiger partial charge in [-0.1, -0.05) is 20.3 Å². The minimum absolute atomic E-state index is 0.195. The lowest BCUT2D eigenvalue weighted by Gasteiger charge is -2.32. The van der Waals surface area contributed by atoms with E-state index in [4.69, 9.17) is 0 Å². The Morgan fingerprint density at radius 3 is 2.43 bits per heavy atom. The fourth-order valence-corrected chi connectivity index (χ4v) is 4.15. The lowest BCUT2D eigenvalue weighted by molar-refractivity contribution is 0.109. The van der Waals surface area contributed by atoms with Crippen molar-refractivity contribution in [3.05, 3.63) is 0 Å². The second-order valence-electron chi connectivity index (χ2n) is 4.13. The Labute approximate surface area is 86.4 Å². The number of hydrogen-bond acceptors (Lipinski definition) is 3. The van der Waals surface area contributed by atoms with Crippen molar-refractivity contribution in [1.82, 2.24) is 0 Å². The summed E-state index contributed by atoms with van der Waals surface area (Å²) >= 11 is 0. The second kappa shape index (κ2) is 4.62. The van der Waals surface area contributed by atoms with E-state index in [0.29, 0.717) is 6.42 Å². The van der Waals surface area contributed by atoms with E-state index in [-0.39, 0.29) is 16.9 Å². The zero-order valence-electron chi connectivity index (χ0n) is 8.94. The van der Waals surface area contributed by atoms with Crippen molar-refractivity contribution in [2.75, 3.05) is 5.75 Å². The predicted octanol–water partition coefficient (Wildman–Crippen LogP) is 1.36. The van der Waals surface area contributed by atoms with E-state index in [1.165, 1.54) is 0 Å². The van der Waals surface area contributed by atoms with Crippen LogP contribution >= 0.6 is 0 Å². The summed E-state index contributed by atoms with van der Waals surface area (Å²) in [5.74, 6) is 0.448. The molecule has 1 N–H and O–H groups in total. The third-order valence-corrected chi connectivity index (χ3v) is 5.59. The van der Waals surface area contributed by atoms with E-state index in [9.17, 15) is 13.5 Å². The van der Waals surface area contributed by atoms with Crippen LogP contribution in [0.5, 0.6) is 0 Å². The summed E-state index contributed by atoms with van der Waals surface area (Å²) in [6.07, 6.45) is 2.53. The first kappa shape index (κ1) is 12.0. The average molecular weight is 220 g/mol. The summed E-state index contributed by atoms with van der Waals surface area (Å²) in [7, 11) is -2.98. The molecular weight excluding hydrogens is 200 g/mol. The maximum atomic E-state index is 11.8. The quantitative estimate of drug-likeness (QED) is 0.781. The van der Waals surface area contributed by atoms with Crippen molar-refractivity contribution in [3.63, 3.8) is 0 Å². The van der Waals surface area contributed by atoms with Crippen LogP contribution in [0.15, 0.2) is 0 Å². The van der Waals surface area contributed by atoms with Gasteiger partial charge in [0.25, 0.3) is 0 Å². The highest BCUT2D eigenvalue weighted by Gasteiger charge is 2.36. The van der Waals surface area contributed by atoms with Crippen molar-refractivity contribution in [2.24, 2.45) is 5.92 Å². The summed E-state index contributed by atoms with van der Waals surface area (Å²) in [6.45, 7) is 3.71. The Hall–Kier alpha value is -0.0900. The Bertz CT molecular complexity index is 271. The molecule has 0 spiro atoms. The molecule has 84 valence electrons. The molecule has 0 bridgehead atoms. The number of aliphatic hydroxyl groups is 1. The van der Waals surface area contributed by atoms with E-state index in [0.717, 1.165) is 19.3 Å². The molecule has 0 radical (unpaired) electrons. The summed E-state index contributed by atoms with van der Waals surface area (Å²) in [4.78, 5) is 0. The van der Waals surface area contributed by atoms with Gasteiger partial charge in [-0.2, -0.15) is 0 Å². The fraction of sp³-hybridized carbons (Fsp3) is 1.00. The molecule has 1 fully saturated rings. The molecule has 1 aliphatic rings. The Balaban J connectivity index is 2.81. The third-order valence-electron chi connectivity index (χ3n) is 3.29. The second-order valence-corrected chi connectivity index (χ2v) is 6.63. The van der Waals surface area contributed by atoms with E-state index < -0.39 is 15.9 Å². The van der Waals surface area contributed by atoms with Crippen molar-refractivity contribution >= 4 is 9.84 Å². The van der Waals surface area contributed by atoms with Crippen LogP contribution in [0.25, 0.3) is 0 Å². The number of rotatable bonds is 3. The molecule has 0 aliphatic heterocycles. The largest absolute Gasteiger partial charge is 0.393 e. The van der Waals surface area contributed by atoms with Gasteiger partial charge in [0.15, 0.2) is 9.84 Å². The monoisotopic (exact) mass is 220 g/mol. The van der Waals surface area contributed by atoms with Crippen LogP contribution in [0.2, 0.25) is 0 Å². The highest BCUT2D eigenvalue weighted by molar-refractivity contribution is 7.92. The van der Waals surface area contributed by atoms with Gasteiger partial charge in [0.2, 0.25) is 0 Å².